The van der Waals surface area contributed by atoms with Crippen molar-refractivity contribution < 1.29 is 20.1 Å². The van der Waals surface area contributed by atoms with E-state index in [0.29, 0.717) is 0 Å². The molecule has 0 unspecified atom stereocenters. The van der Waals surface area contributed by atoms with Gasteiger partial charge in [0, 0.05) is 0 Å². The van der Waals surface area contributed by atoms with Gasteiger partial charge in [0.15, 0.2) is 0 Å². The summed E-state index contributed by atoms with van der Waals surface area (Å²) in [5, 5.41) is 27.0. The van der Waals surface area contributed by atoms with Gasteiger partial charge in [-0.15, -0.1) is 0 Å². The molecule has 1 aliphatic rings. The summed E-state index contributed by atoms with van der Waals surface area (Å²) in [7, 11) is 0. The Bertz CT molecular complexity index is 102. The third-order valence-electron chi connectivity index (χ3n) is 1.75. The van der Waals surface area contributed by atoms with Crippen LogP contribution in [0.1, 0.15) is 6.92 Å². The van der Waals surface area contributed by atoms with E-state index in [1.54, 1.807) is 6.92 Å². The minimum Gasteiger partial charge on any atom is -0.388 e. The average Bonchev–Trinajstić information content (AvgIpc) is 1.93. The molecule has 60 valence electrons. The number of hydrogen-bond acceptors (Lipinski definition) is 4. The first-order valence-electron chi connectivity index (χ1n) is 3.28. The fourth-order valence-corrected chi connectivity index (χ4v) is 0.953. The van der Waals surface area contributed by atoms with Gasteiger partial charge in [0.05, 0.1) is 12.7 Å². The average molecular weight is 148 g/mol. The molecule has 1 fully saturated rings. The molecule has 4 nitrogen and oxygen atoms in total. The van der Waals surface area contributed by atoms with Gasteiger partial charge in [-0.3, -0.25) is 0 Å². The third kappa shape index (κ3) is 1.29. The maximum absolute atomic E-state index is 9.08. The van der Waals surface area contributed by atoms with Crippen molar-refractivity contribution in [3.8, 4) is 0 Å². The topological polar surface area (TPSA) is 69.9 Å². The number of rotatable bonds is 0. The van der Waals surface area contributed by atoms with Gasteiger partial charge in [0.2, 0.25) is 0 Å². The van der Waals surface area contributed by atoms with E-state index in [2.05, 4.69) is 0 Å². The van der Waals surface area contributed by atoms with E-state index < -0.39 is 24.4 Å². The van der Waals surface area contributed by atoms with Crippen LogP contribution in [0.4, 0.5) is 0 Å². The molecule has 1 rings (SSSR count). The van der Waals surface area contributed by atoms with Crippen molar-refractivity contribution in [1.29, 1.82) is 0 Å². The van der Waals surface area contributed by atoms with Crippen molar-refractivity contribution in [1.82, 2.24) is 0 Å². The lowest BCUT2D eigenvalue weighted by Crippen LogP contribution is -2.51. The predicted molar refractivity (Wildman–Crippen MR) is 33.4 cm³/mol. The van der Waals surface area contributed by atoms with E-state index in [1.165, 1.54) is 0 Å². The van der Waals surface area contributed by atoms with Crippen LogP contribution in [0.25, 0.3) is 0 Å². The molecule has 10 heavy (non-hydrogen) atoms. The molecular formula is C6H12O4. The highest BCUT2D eigenvalue weighted by Gasteiger charge is 2.34. The van der Waals surface area contributed by atoms with Gasteiger partial charge in [0.1, 0.15) is 18.3 Å². The van der Waals surface area contributed by atoms with Crippen LogP contribution in [0.2, 0.25) is 0 Å². The van der Waals surface area contributed by atoms with E-state index in [9.17, 15) is 0 Å². The molecule has 1 saturated heterocycles. The van der Waals surface area contributed by atoms with Crippen molar-refractivity contribution in [2.24, 2.45) is 0 Å². The molecule has 0 aromatic rings. The SMILES string of the molecule is C[C@@H]1OC[C@@H](O)[C@@H](O)[C@H]1O. The van der Waals surface area contributed by atoms with Gasteiger partial charge < -0.3 is 20.1 Å². The summed E-state index contributed by atoms with van der Waals surface area (Å²) in [5.74, 6) is 0. The number of ether oxygens (including phenoxy) is 1. The molecule has 0 aliphatic carbocycles. The summed E-state index contributed by atoms with van der Waals surface area (Å²) in [6, 6.07) is 0. The van der Waals surface area contributed by atoms with Gasteiger partial charge >= 0.3 is 0 Å². The van der Waals surface area contributed by atoms with Crippen LogP contribution in [0, 0.1) is 0 Å². The lowest BCUT2D eigenvalue weighted by Gasteiger charge is -2.33. The van der Waals surface area contributed by atoms with E-state index in [4.69, 9.17) is 20.1 Å². The second-order valence-electron chi connectivity index (χ2n) is 2.59. The highest BCUT2D eigenvalue weighted by molar-refractivity contribution is 4.83. The van der Waals surface area contributed by atoms with Crippen molar-refractivity contribution in [2.45, 2.75) is 31.3 Å². The van der Waals surface area contributed by atoms with E-state index in [1.807, 2.05) is 0 Å². The molecule has 0 bridgehead atoms. The number of aliphatic hydroxyl groups is 3. The van der Waals surface area contributed by atoms with Crippen molar-refractivity contribution in [3.63, 3.8) is 0 Å². The summed E-state index contributed by atoms with van der Waals surface area (Å²) in [5.41, 5.74) is 0. The Hall–Kier alpha value is -0.160. The van der Waals surface area contributed by atoms with Crippen molar-refractivity contribution >= 4 is 0 Å². The van der Waals surface area contributed by atoms with Crippen LogP contribution in [0.15, 0.2) is 0 Å². The zero-order chi connectivity index (χ0) is 7.72. The summed E-state index contributed by atoms with van der Waals surface area (Å²) >= 11 is 0. The highest BCUT2D eigenvalue weighted by atomic mass is 16.5. The molecule has 0 radical (unpaired) electrons. The van der Waals surface area contributed by atoms with Gasteiger partial charge in [-0.1, -0.05) is 0 Å². The predicted octanol–water partition coefficient (Wildman–Crippen LogP) is -1.51. The zero-order valence-electron chi connectivity index (χ0n) is 5.77. The molecule has 0 aromatic heterocycles. The molecule has 0 spiro atoms. The fraction of sp³-hybridized carbons (Fsp3) is 1.00. The van der Waals surface area contributed by atoms with Gasteiger partial charge in [-0.25, -0.2) is 0 Å². The Morgan fingerprint density at radius 2 is 1.80 bits per heavy atom. The van der Waals surface area contributed by atoms with Gasteiger partial charge in [0.25, 0.3) is 0 Å². The van der Waals surface area contributed by atoms with Crippen LogP contribution >= 0.6 is 0 Å². The first-order valence-corrected chi connectivity index (χ1v) is 3.28. The van der Waals surface area contributed by atoms with Crippen LogP contribution in [0.3, 0.4) is 0 Å². The van der Waals surface area contributed by atoms with Crippen LogP contribution < -0.4 is 0 Å². The standard InChI is InChI=1S/C6H12O4/c1-3-5(8)6(9)4(7)2-10-3/h3-9H,2H2,1H3/t3-,4+,5-,6+/m0/s1. The van der Waals surface area contributed by atoms with Crippen LogP contribution in [-0.2, 0) is 4.74 Å². The molecule has 0 aromatic carbocycles. The smallest absolute Gasteiger partial charge is 0.110 e. The first-order chi connectivity index (χ1) is 4.63. The quantitative estimate of drug-likeness (QED) is 0.390. The Balaban J connectivity index is 2.52. The number of hydrogen-bond donors (Lipinski definition) is 3. The Morgan fingerprint density at radius 1 is 1.20 bits per heavy atom. The minimum absolute atomic E-state index is 0.0966. The van der Waals surface area contributed by atoms with Crippen molar-refractivity contribution in [2.75, 3.05) is 6.61 Å². The van der Waals surface area contributed by atoms with Crippen LogP contribution in [0.5, 0.6) is 0 Å². The second-order valence-corrected chi connectivity index (χ2v) is 2.59. The van der Waals surface area contributed by atoms with E-state index >= 15 is 0 Å². The molecule has 0 saturated carbocycles. The second kappa shape index (κ2) is 2.84. The molecule has 1 aliphatic heterocycles. The zero-order valence-corrected chi connectivity index (χ0v) is 5.77. The lowest BCUT2D eigenvalue weighted by molar-refractivity contribution is -0.181. The number of aliphatic hydroxyl groups excluding tert-OH is 3. The minimum atomic E-state index is -1.07. The van der Waals surface area contributed by atoms with Gasteiger partial charge in [-0.05, 0) is 6.92 Å². The van der Waals surface area contributed by atoms with E-state index in [-0.39, 0.29) is 6.61 Å². The highest BCUT2D eigenvalue weighted by Crippen LogP contribution is 2.14. The summed E-state index contributed by atoms with van der Waals surface area (Å²) < 4.78 is 4.91. The molecule has 4 heteroatoms. The Kier molecular flexibility index (Phi) is 2.25. The third-order valence-corrected chi connectivity index (χ3v) is 1.75. The summed E-state index contributed by atoms with van der Waals surface area (Å²) in [4.78, 5) is 0. The summed E-state index contributed by atoms with van der Waals surface area (Å²) in [6.45, 7) is 1.75. The lowest BCUT2D eigenvalue weighted by atomic mass is 10.0. The summed E-state index contributed by atoms with van der Waals surface area (Å²) in [6.07, 6.45) is -3.38. The molecule has 0 amide bonds. The molecule has 4 atom stereocenters. The first kappa shape index (κ1) is 7.94. The molecule has 1 heterocycles. The normalized spacial score (nSPS) is 49.2. The maximum atomic E-state index is 9.08. The monoisotopic (exact) mass is 148 g/mol. The van der Waals surface area contributed by atoms with Gasteiger partial charge in [-0.2, -0.15) is 0 Å². The maximum Gasteiger partial charge on any atom is 0.110 e. The Morgan fingerprint density at radius 3 is 2.30 bits per heavy atom. The van der Waals surface area contributed by atoms with Crippen LogP contribution in [-0.4, -0.2) is 46.3 Å². The fourth-order valence-electron chi connectivity index (χ4n) is 0.953. The molecule has 3 N–H and O–H groups in total. The largest absolute Gasteiger partial charge is 0.388 e. The molecular weight excluding hydrogens is 136 g/mol. The van der Waals surface area contributed by atoms with E-state index in [0.717, 1.165) is 0 Å². The Labute approximate surface area is 59.1 Å². The van der Waals surface area contributed by atoms with Crippen molar-refractivity contribution in [3.05, 3.63) is 0 Å².